The molecule has 0 aliphatic carbocycles. The van der Waals surface area contributed by atoms with Crippen molar-refractivity contribution in [3.63, 3.8) is 0 Å². The van der Waals surface area contributed by atoms with Gasteiger partial charge in [-0.05, 0) is 48.9 Å². The van der Waals surface area contributed by atoms with Crippen LogP contribution >= 0.6 is 11.6 Å². The first-order valence-corrected chi connectivity index (χ1v) is 9.56. The van der Waals surface area contributed by atoms with Gasteiger partial charge >= 0.3 is 0 Å². The van der Waals surface area contributed by atoms with Gasteiger partial charge in [0.2, 0.25) is 0 Å². The monoisotopic (exact) mass is 388 g/mol. The first kappa shape index (κ1) is 19.5. The Morgan fingerprint density at radius 1 is 1.00 bits per heavy atom. The Bertz CT molecular complexity index is 743. The summed E-state index contributed by atoms with van der Waals surface area (Å²) in [4.78, 5) is 16.5. The number of hydrogen-bond acceptors (Lipinski definition) is 4. The number of hydrogen-bond donors (Lipinski definition) is 0. The standard InChI is InChI=1S/C21H25ClN2O3/c1-17-3-2-4-20(15-17)26-14-13-23-9-11-24(12-10-23)21(25)16-27-19-7-5-18(22)6-8-19/h2-8,15H,9-14,16H2,1H3. The fourth-order valence-electron chi connectivity index (χ4n) is 2.99. The van der Waals surface area contributed by atoms with E-state index in [4.69, 9.17) is 21.1 Å². The summed E-state index contributed by atoms with van der Waals surface area (Å²) in [7, 11) is 0. The number of nitrogens with zero attached hydrogens (tertiary/aromatic N) is 2. The molecule has 0 N–H and O–H groups in total. The molecule has 0 radical (unpaired) electrons. The molecular weight excluding hydrogens is 364 g/mol. The lowest BCUT2D eigenvalue weighted by molar-refractivity contribution is -0.135. The summed E-state index contributed by atoms with van der Waals surface area (Å²) < 4.78 is 11.4. The highest BCUT2D eigenvalue weighted by molar-refractivity contribution is 6.30. The minimum atomic E-state index is 0.0145. The molecule has 1 fully saturated rings. The molecule has 1 amide bonds. The highest BCUT2D eigenvalue weighted by Crippen LogP contribution is 2.16. The maximum Gasteiger partial charge on any atom is 0.260 e. The van der Waals surface area contributed by atoms with Gasteiger partial charge in [0, 0.05) is 37.7 Å². The van der Waals surface area contributed by atoms with E-state index in [1.54, 1.807) is 24.3 Å². The lowest BCUT2D eigenvalue weighted by atomic mass is 10.2. The lowest BCUT2D eigenvalue weighted by Gasteiger charge is -2.34. The van der Waals surface area contributed by atoms with Gasteiger partial charge < -0.3 is 14.4 Å². The van der Waals surface area contributed by atoms with Crippen LogP contribution < -0.4 is 9.47 Å². The zero-order valence-corrected chi connectivity index (χ0v) is 16.3. The summed E-state index contributed by atoms with van der Waals surface area (Å²) in [6.07, 6.45) is 0. The number of carbonyl (C=O) groups is 1. The highest BCUT2D eigenvalue weighted by atomic mass is 35.5. The van der Waals surface area contributed by atoms with Crippen molar-refractivity contribution in [1.82, 2.24) is 9.80 Å². The largest absolute Gasteiger partial charge is 0.492 e. The van der Waals surface area contributed by atoms with Crippen LogP contribution in [-0.4, -0.2) is 61.6 Å². The summed E-state index contributed by atoms with van der Waals surface area (Å²) in [6, 6.07) is 15.1. The van der Waals surface area contributed by atoms with E-state index in [0.29, 0.717) is 30.5 Å². The van der Waals surface area contributed by atoms with Crippen LogP contribution in [0.5, 0.6) is 11.5 Å². The van der Waals surface area contributed by atoms with Crippen LogP contribution in [-0.2, 0) is 4.79 Å². The molecule has 0 aromatic heterocycles. The van der Waals surface area contributed by atoms with Crippen LogP contribution in [0.1, 0.15) is 5.56 Å². The van der Waals surface area contributed by atoms with E-state index in [2.05, 4.69) is 17.9 Å². The van der Waals surface area contributed by atoms with Crippen LogP contribution in [0.2, 0.25) is 5.02 Å². The van der Waals surface area contributed by atoms with Gasteiger partial charge in [-0.15, -0.1) is 0 Å². The predicted molar refractivity (Wildman–Crippen MR) is 107 cm³/mol. The maximum absolute atomic E-state index is 12.3. The van der Waals surface area contributed by atoms with Crippen molar-refractivity contribution in [2.45, 2.75) is 6.92 Å². The quantitative estimate of drug-likeness (QED) is 0.730. The predicted octanol–water partition coefficient (Wildman–Crippen LogP) is 3.25. The number of rotatable bonds is 7. The zero-order chi connectivity index (χ0) is 19.1. The van der Waals surface area contributed by atoms with E-state index in [1.165, 1.54) is 5.56 Å². The molecule has 144 valence electrons. The fourth-order valence-corrected chi connectivity index (χ4v) is 3.11. The third kappa shape index (κ3) is 6.15. The number of ether oxygens (including phenoxy) is 2. The second-order valence-corrected chi connectivity index (χ2v) is 7.07. The third-order valence-electron chi connectivity index (χ3n) is 4.57. The van der Waals surface area contributed by atoms with Crippen LogP contribution in [0.25, 0.3) is 0 Å². The van der Waals surface area contributed by atoms with Gasteiger partial charge in [-0.1, -0.05) is 23.7 Å². The minimum Gasteiger partial charge on any atom is -0.492 e. The van der Waals surface area contributed by atoms with Crippen LogP contribution in [0, 0.1) is 6.92 Å². The second kappa shape index (κ2) is 9.62. The van der Waals surface area contributed by atoms with Gasteiger partial charge in [0.15, 0.2) is 6.61 Å². The minimum absolute atomic E-state index is 0.0145. The Morgan fingerprint density at radius 3 is 2.44 bits per heavy atom. The van der Waals surface area contributed by atoms with Gasteiger partial charge in [-0.3, -0.25) is 9.69 Å². The topological polar surface area (TPSA) is 42.0 Å². The normalized spacial score (nSPS) is 14.8. The zero-order valence-electron chi connectivity index (χ0n) is 15.6. The van der Waals surface area contributed by atoms with E-state index in [1.807, 2.05) is 23.1 Å². The molecular formula is C21H25ClN2O3. The molecule has 0 bridgehead atoms. The Hall–Kier alpha value is -2.24. The van der Waals surface area contributed by atoms with Gasteiger partial charge in [-0.25, -0.2) is 0 Å². The van der Waals surface area contributed by atoms with Gasteiger partial charge in [0.05, 0.1) is 0 Å². The van der Waals surface area contributed by atoms with Gasteiger partial charge in [-0.2, -0.15) is 0 Å². The van der Waals surface area contributed by atoms with Crippen molar-refractivity contribution in [2.75, 3.05) is 45.9 Å². The molecule has 1 aliphatic heterocycles. The number of piperazine rings is 1. The van der Waals surface area contributed by atoms with E-state index < -0.39 is 0 Å². The molecule has 0 saturated carbocycles. The van der Waals surface area contributed by atoms with Crippen molar-refractivity contribution in [2.24, 2.45) is 0 Å². The summed E-state index contributed by atoms with van der Waals surface area (Å²) in [5.41, 5.74) is 1.19. The number of halogens is 1. The fraction of sp³-hybridized carbons (Fsp3) is 0.381. The molecule has 27 heavy (non-hydrogen) atoms. The second-order valence-electron chi connectivity index (χ2n) is 6.63. The van der Waals surface area contributed by atoms with Crippen molar-refractivity contribution < 1.29 is 14.3 Å². The highest BCUT2D eigenvalue weighted by Gasteiger charge is 2.21. The van der Waals surface area contributed by atoms with Gasteiger partial charge in [0.1, 0.15) is 18.1 Å². The molecule has 6 heteroatoms. The molecule has 0 unspecified atom stereocenters. The SMILES string of the molecule is Cc1cccc(OCCN2CCN(C(=O)COc3ccc(Cl)cc3)CC2)c1. The summed E-state index contributed by atoms with van der Waals surface area (Å²) in [5, 5.41) is 0.649. The average molecular weight is 389 g/mol. The van der Waals surface area contributed by atoms with Crippen molar-refractivity contribution in [1.29, 1.82) is 0 Å². The van der Waals surface area contributed by atoms with E-state index >= 15 is 0 Å². The molecule has 1 heterocycles. The van der Waals surface area contributed by atoms with Crippen LogP contribution in [0.3, 0.4) is 0 Å². The first-order chi connectivity index (χ1) is 13.1. The van der Waals surface area contributed by atoms with Crippen LogP contribution in [0.4, 0.5) is 0 Å². The Labute approximate surface area is 165 Å². The molecule has 0 atom stereocenters. The first-order valence-electron chi connectivity index (χ1n) is 9.18. The Balaban J connectivity index is 1.34. The number of benzene rings is 2. The maximum atomic E-state index is 12.3. The van der Waals surface area contributed by atoms with E-state index in [9.17, 15) is 4.79 Å². The molecule has 1 aliphatic rings. The van der Waals surface area contributed by atoms with E-state index in [-0.39, 0.29) is 12.5 Å². The molecule has 2 aromatic carbocycles. The van der Waals surface area contributed by atoms with E-state index in [0.717, 1.165) is 25.4 Å². The van der Waals surface area contributed by atoms with Crippen molar-refractivity contribution in [3.05, 3.63) is 59.1 Å². The average Bonchev–Trinajstić information content (AvgIpc) is 2.68. The molecule has 2 aromatic rings. The molecule has 1 saturated heterocycles. The number of amides is 1. The molecule has 3 rings (SSSR count). The Kier molecular flexibility index (Phi) is 6.96. The van der Waals surface area contributed by atoms with Crippen LogP contribution in [0.15, 0.2) is 48.5 Å². The summed E-state index contributed by atoms with van der Waals surface area (Å²) in [6.45, 7) is 6.75. The summed E-state index contributed by atoms with van der Waals surface area (Å²) >= 11 is 5.84. The van der Waals surface area contributed by atoms with Crippen molar-refractivity contribution >= 4 is 17.5 Å². The van der Waals surface area contributed by atoms with Gasteiger partial charge in [0.25, 0.3) is 5.91 Å². The molecule has 0 spiro atoms. The number of aryl methyl sites for hydroxylation is 1. The lowest BCUT2D eigenvalue weighted by Crippen LogP contribution is -2.50. The third-order valence-corrected chi connectivity index (χ3v) is 4.82. The summed E-state index contributed by atoms with van der Waals surface area (Å²) in [5.74, 6) is 1.57. The molecule has 5 nitrogen and oxygen atoms in total. The van der Waals surface area contributed by atoms with Crippen molar-refractivity contribution in [3.8, 4) is 11.5 Å². The number of carbonyl (C=O) groups excluding carboxylic acids is 1. The smallest absolute Gasteiger partial charge is 0.260 e. The Morgan fingerprint density at radius 2 is 1.74 bits per heavy atom.